The van der Waals surface area contributed by atoms with E-state index >= 15 is 0 Å². The van der Waals surface area contributed by atoms with Gasteiger partial charge in [0.05, 0.1) is 28.4 Å². The summed E-state index contributed by atoms with van der Waals surface area (Å²) in [7, 11) is 5.97. The van der Waals surface area contributed by atoms with E-state index in [0.717, 1.165) is 0 Å². The zero-order valence-corrected chi connectivity index (χ0v) is 21.6. The molecule has 0 aromatic carbocycles. The summed E-state index contributed by atoms with van der Waals surface area (Å²) >= 11 is 0. The van der Waals surface area contributed by atoms with Crippen LogP contribution in [-0.2, 0) is 23.7 Å². The van der Waals surface area contributed by atoms with Crippen LogP contribution in [0.4, 0.5) is 0 Å². The molecule has 0 fully saturated rings. The fourth-order valence-electron chi connectivity index (χ4n) is 4.33. The number of aliphatic imine (C=N–C) groups is 4. The third kappa shape index (κ3) is 4.52. The topological polar surface area (TPSA) is 103 Å². The van der Waals surface area contributed by atoms with Crippen molar-refractivity contribution in [3.8, 4) is 0 Å². The van der Waals surface area contributed by atoms with E-state index in [1.807, 2.05) is 27.7 Å². The molecule has 2 rings (SSSR count). The first-order valence-electron chi connectivity index (χ1n) is 11.4. The molecule has 4 atom stereocenters. The SMILES string of the molecule is C=CC[C@@]1(C(=O)[C@]2(CC=C)N=C(OC)[C@@H](C(C)C)N=C2OC)N=C(OC)[C@@H](C(C)C)N=C1OC. The Morgan fingerprint density at radius 2 is 1.15 bits per heavy atom. The highest BCUT2D eigenvalue weighted by atomic mass is 16.5. The van der Waals surface area contributed by atoms with Gasteiger partial charge in [-0.05, 0) is 11.8 Å². The lowest BCUT2D eigenvalue weighted by atomic mass is 9.75. The van der Waals surface area contributed by atoms with Gasteiger partial charge in [0.2, 0.25) is 40.5 Å². The highest BCUT2D eigenvalue weighted by Crippen LogP contribution is 2.38. The summed E-state index contributed by atoms with van der Waals surface area (Å²) < 4.78 is 22.5. The lowest BCUT2D eigenvalue weighted by Gasteiger charge is -2.41. The Morgan fingerprint density at radius 3 is 1.38 bits per heavy atom. The number of ether oxygens (including phenoxy) is 4. The highest BCUT2D eigenvalue weighted by molar-refractivity contribution is 6.26. The zero-order chi connectivity index (χ0) is 25.7. The van der Waals surface area contributed by atoms with Crippen molar-refractivity contribution in [3.63, 3.8) is 0 Å². The number of hydrogen-bond donors (Lipinski definition) is 0. The van der Waals surface area contributed by atoms with Gasteiger partial charge in [0.15, 0.2) is 0 Å². The van der Waals surface area contributed by atoms with Crippen LogP contribution >= 0.6 is 0 Å². The highest BCUT2D eigenvalue weighted by Gasteiger charge is 2.60. The Kier molecular flexibility index (Phi) is 8.80. The van der Waals surface area contributed by atoms with Crippen molar-refractivity contribution in [2.75, 3.05) is 28.4 Å². The fourth-order valence-corrected chi connectivity index (χ4v) is 4.33. The molecular formula is C25H38N4O5. The summed E-state index contributed by atoms with van der Waals surface area (Å²) in [5, 5.41) is 0. The number of hydrogen-bond acceptors (Lipinski definition) is 9. The van der Waals surface area contributed by atoms with Crippen LogP contribution < -0.4 is 0 Å². The fraction of sp³-hybridized carbons (Fsp3) is 0.640. The Bertz CT molecular complexity index is 848. The zero-order valence-electron chi connectivity index (χ0n) is 21.6. The lowest BCUT2D eigenvalue weighted by Crippen LogP contribution is -2.63. The Morgan fingerprint density at radius 1 is 0.794 bits per heavy atom. The van der Waals surface area contributed by atoms with Gasteiger partial charge in [-0.3, -0.25) is 4.79 Å². The number of Topliss-reactive ketones (excluding diaryl/α,β-unsaturated/α-hetero) is 1. The minimum atomic E-state index is -1.58. The molecule has 0 bridgehead atoms. The minimum absolute atomic E-state index is 0.0681. The van der Waals surface area contributed by atoms with Gasteiger partial charge in [0.25, 0.3) is 0 Å². The molecule has 0 saturated carbocycles. The number of methoxy groups -OCH3 is 4. The van der Waals surface area contributed by atoms with Crippen LogP contribution in [-0.4, -0.2) is 81.0 Å². The smallest absolute Gasteiger partial charge is 0.221 e. The average Bonchev–Trinajstić information content (AvgIpc) is 2.82. The van der Waals surface area contributed by atoms with Gasteiger partial charge in [-0.1, -0.05) is 39.8 Å². The number of ketones is 1. The number of carbonyl (C=O) groups excluding carboxylic acids is 1. The minimum Gasteiger partial charge on any atom is -0.483 e. The molecule has 0 saturated heterocycles. The predicted molar refractivity (Wildman–Crippen MR) is 135 cm³/mol. The average molecular weight is 475 g/mol. The molecule has 0 spiro atoms. The van der Waals surface area contributed by atoms with E-state index in [2.05, 4.69) is 13.2 Å². The molecule has 2 aliphatic rings. The normalized spacial score (nSPS) is 28.9. The van der Waals surface area contributed by atoms with E-state index in [0.29, 0.717) is 11.8 Å². The van der Waals surface area contributed by atoms with Gasteiger partial charge in [-0.2, -0.15) is 0 Å². The molecule has 34 heavy (non-hydrogen) atoms. The molecule has 2 heterocycles. The molecule has 0 aromatic heterocycles. The van der Waals surface area contributed by atoms with Gasteiger partial charge in [0, 0.05) is 12.8 Å². The van der Waals surface area contributed by atoms with Crippen molar-refractivity contribution >= 4 is 29.4 Å². The molecule has 9 nitrogen and oxygen atoms in total. The molecule has 0 N–H and O–H groups in total. The van der Waals surface area contributed by atoms with Crippen LogP contribution in [0.25, 0.3) is 0 Å². The first-order valence-corrected chi connectivity index (χ1v) is 11.4. The second kappa shape index (κ2) is 11.0. The van der Waals surface area contributed by atoms with Crippen LogP contribution in [0, 0.1) is 11.8 Å². The number of carbonyl (C=O) groups is 1. The third-order valence-electron chi connectivity index (χ3n) is 6.03. The number of nitrogens with zero attached hydrogens (tertiary/aromatic N) is 4. The summed E-state index contributed by atoms with van der Waals surface area (Å²) in [6.07, 6.45) is 3.42. The maximum absolute atomic E-state index is 14.6. The van der Waals surface area contributed by atoms with Crippen molar-refractivity contribution in [1.29, 1.82) is 0 Å². The first-order chi connectivity index (χ1) is 16.1. The maximum Gasteiger partial charge on any atom is 0.221 e. The Balaban J connectivity index is 2.86. The largest absolute Gasteiger partial charge is 0.483 e. The molecule has 0 radical (unpaired) electrons. The van der Waals surface area contributed by atoms with Crippen LogP contribution in [0.1, 0.15) is 40.5 Å². The van der Waals surface area contributed by atoms with E-state index in [9.17, 15) is 4.79 Å². The predicted octanol–water partition coefficient (Wildman–Crippen LogP) is 3.44. The molecule has 0 aromatic rings. The molecule has 9 heteroatoms. The van der Waals surface area contributed by atoms with Crippen LogP contribution in [0.2, 0.25) is 0 Å². The molecule has 0 aliphatic carbocycles. The standard InChI is InChI=1S/C25H38N4O5/c1-11-13-24(22(33-9)26-17(15(3)4)19(28-24)31-7)21(30)25(14-12-2)23(34-10)27-18(16(5)6)20(29-25)32-8/h11-12,15-18H,1-2,13-14H2,3-10H3/t17-,18-,24+,25+/m1/s1. The van der Waals surface area contributed by atoms with Crippen LogP contribution in [0.5, 0.6) is 0 Å². The molecule has 0 unspecified atom stereocenters. The third-order valence-corrected chi connectivity index (χ3v) is 6.03. The van der Waals surface area contributed by atoms with E-state index < -0.39 is 28.9 Å². The maximum atomic E-state index is 14.6. The Hall–Kier alpha value is -2.97. The molecule has 188 valence electrons. The van der Waals surface area contributed by atoms with Crippen molar-refractivity contribution in [1.82, 2.24) is 0 Å². The summed E-state index contributed by atoms with van der Waals surface area (Å²) in [6.45, 7) is 15.7. The van der Waals surface area contributed by atoms with Gasteiger partial charge in [-0.25, -0.2) is 20.0 Å². The van der Waals surface area contributed by atoms with E-state index in [1.54, 1.807) is 12.2 Å². The van der Waals surface area contributed by atoms with Crippen LogP contribution in [0.15, 0.2) is 45.3 Å². The summed E-state index contributed by atoms with van der Waals surface area (Å²) in [5.74, 6) is 0.698. The van der Waals surface area contributed by atoms with Gasteiger partial charge in [-0.15, -0.1) is 13.2 Å². The van der Waals surface area contributed by atoms with Gasteiger partial charge >= 0.3 is 0 Å². The van der Waals surface area contributed by atoms with Crippen molar-refractivity contribution < 1.29 is 23.7 Å². The monoisotopic (exact) mass is 474 g/mol. The van der Waals surface area contributed by atoms with Crippen molar-refractivity contribution in [3.05, 3.63) is 25.3 Å². The van der Waals surface area contributed by atoms with Gasteiger partial charge in [0.1, 0.15) is 12.1 Å². The first kappa shape index (κ1) is 27.3. The molecular weight excluding hydrogens is 436 g/mol. The summed E-state index contributed by atoms with van der Waals surface area (Å²) in [6, 6.07) is -0.794. The summed E-state index contributed by atoms with van der Waals surface area (Å²) in [5.41, 5.74) is -3.16. The Labute approximate surface area is 202 Å². The van der Waals surface area contributed by atoms with E-state index in [1.165, 1.54) is 28.4 Å². The number of rotatable bonds is 8. The van der Waals surface area contributed by atoms with E-state index in [-0.39, 0.29) is 36.5 Å². The quantitative estimate of drug-likeness (QED) is 0.501. The second-order valence-corrected chi connectivity index (χ2v) is 9.00. The second-order valence-electron chi connectivity index (χ2n) is 9.00. The van der Waals surface area contributed by atoms with Crippen molar-refractivity contribution in [2.24, 2.45) is 31.8 Å². The summed E-state index contributed by atoms with van der Waals surface area (Å²) in [4.78, 5) is 33.8. The molecule has 0 amide bonds. The van der Waals surface area contributed by atoms with Gasteiger partial charge < -0.3 is 18.9 Å². The van der Waals surface area contributed by atoms with Crippen molar-refractivity contribution in [2.45, 2.75) is 63.7 Å². The lowest BCUT2D eigenvalue weighted by molar-refractivity contribution is -0.125. The van der Waals surface area contributed by atoms with E-state index in [4.69, 9.17) is 38.9 Å². The van der Waals surface area contributed by atoms with Crippen LogP contribution in [0.3, 0.4) is 0 Å². The molecule has 2 aliphatic heterocycles.